The molecule has 0 spiro atoms. The quantitative estimate of drug-likeness (QED) is 0.761. The minimum atomic E-state index is -0.935. The van der Waals surface area contributed by atoms with Gasteiger partial charge in [-0.25, -0.2) is 0 Å². The summed E-state index contributed by atoms with van der Waals surface area (Å²) in [7, 11) is 0. The Labute approximate surface area is 143 Å². The molecule has 0 radical (unpaired) electrons. The topological polar surface area (TPSA) is 98.2 Å². The summed E-state index contributed by atoms with van der Waals surface area (Å²) in [6, 6.07) is 10.0. The summed E-state index contributed by atoms with van der Waals surface area (Å²) >= 11 is 0. The summed E-state index contributed by atoms with van der Waals surface area (Å²) in [5.41, 5.74) is 8.41. The molecule has 0 saturated carbocycles. The first-order valence-corrected chi connectivity index (χ1v) is 8.18. The first-order valence-electron chi connectivity index (χ1n) is 8.18. The molecule has 6 heteroatoms. The van der Waals surface area contributed by atoms with Crippen LogP contribution in [0.15, 0.2) is 41.3 Å². The van der Waals surface area contributed by atoms with Crippen molar-refractivity contribution in [3.63, 3.8) is 0 Å². The van der Waals surface area contributed by atoms with Crippen molar-refractivity contribution in [3.8, 4) is 5.75 Å². The Balaban J connectivity index is 1.99. The number of amides is 1. The molecular formula is C19H17N3O3. The second-order valence-corrected chi connectivity index (χ2v) is 6.27. The lowest BCUT2D eigenvalue weighted by Crippen LogP contribution is -2.32. The zero-order valence-corrected chi connectivity index (χ0v) is 13.5. The number of nitrogens with zero attached hydrogens (tertiary/aromatic N) is 2. The van der Waals surface area contributed by atoms with Crippen molar-refractivity contribution in [2.45, 2.75) is 25.8 Å². The van der Waals surface area contributed by atoms with Crippen LogP contribution in [0.3, 0.4) is 0 Å². The van der Waals surface area contributed by atoms with Crippen LogP contribution in [0.25, 0.3) is 11.0 Å². The van der Waals surface area contributed by atoms with Gasteiger partial charge in [0.1, 0.15) is 11.1 Å². The number of nitrogens with two attached hydrogens (primary N) is 1. The fourth-order valence-electron chi connectivity index (χ4n) is 3.59. The molecule has 6 nitrogen and oxygen atoms in total. The molecule has 0 bridgehead atoms. The maximum atomic E-state index is 12.6. The van der Waals surface area contributed by atoms with E-state index in [1.54, 1.807) is 6.20 Å². The molecule has 3 aromatic rings. The lowest BCUT2D eigenvalue weighted by atomic mass is 9.94. The Bertz CT molecular complexity index is 1060. The van der Waals surface area contributed by atoms with E-state index in [1.807, 2.05) is 30.3 Å². The van der Waals surface area contributed by atoms with E-state index in [4.69, 9.17) is 5.73 Å². The zero-order valence-electron chi connectivity index (χ0n) is 13.5. The predicted octanol–water partition coefficient (Wildman–Crippen LogP) is 1.74. The summed E-state index contributed by atoms with van der Waals surface area (Å²) < 4.78 is 1.52. The van der Waals surface area contributed by atoms with Gasteiger partial charge in [-0.2, -0.15) is 0 Å². The summed E-state index contributed by atoms with van der Waals surface area (Å²) in [6.45, 7) is 0.485. The Morgan fingerprint density at radius 3 is 2.76 bits per heavy atom. The van der Waals surface area contributed by atoms with Crippen LogP contribution in [0.5, 0.6) is 5.75 Å². The minimum absolute atomic E-state index is 0.264. The smallest absolute Gasteiger partial charge is 0.267 e. The number of hydrogen-bond donors (Lipinski definition) is 2. The van der Waals surface area contributed by atoms with Crippen molar-refractivity contribution >= 4 is 16.9 Å². The summed E-state index contributed by atoms with van der Waals surface area (Å²) in [6.07, 6.45) is 4.01. The highest BCUT2D eigenvalue weighted by atomic mass is 16.3. The van der Waals surface area contributed by atoms with Gasteiger partial charge in [-0.15, -0.1) is 0 Å². The van der Waals surface area contributed by atoms with Crippen LogP contribution in [-0.2, 0) is 19.4 Å². The average molecular weight is 335 g/mol. The number of aromatic hydroxyl groups is 1. The fourth-order valence-corrected chi connectivity index (χ4v) is 3.59. The lowest BCUT2D eigenvalue weighted by Gasteiger charge is -2.22. The summed E-state index contributed by atoms with van der Waals surface area (Å²) in [5.74, 6) is -1.35. The van der Waals surface area contributed by atoms with Crippen molar-refractivity contribution < 1.29 is 9.90 Å². The molecule has 0 unspecified atom stereocenters. The van der Waals surface area contributed by atoms with Crippen molar-refractivity contribution in [1.82, 2.24) is 9.55 Å². The largest absolute Gasteiger partial charge is 0.505 e. The number of hydrogen-bond acceptors (Lipinski definition) is 4. The van der Waals surface area contributed by atoms with Crippen molar-refractivity contribution in [1.29, 1.82) is 0 Å². The Kier molecular flexibility index (Phi) is 3.53. The van der Waals surface area contributed by atoms with E-state index in [0.717, 1.165) is 29.5 Å². The standard InChI is InChI=1S/C19H17N3O3/c20-18(24)14-17(23)15-16-13(7-4-8-22(16)19(14)25)12(10-21-15)9-11-5-2-1-3-6-11/h1-3,5-6,10,23H,4,7-9H2,(H2,20,24). The molecule has 25 heavy (non-hydrogen) atoms. The van der Waals surface area contributed by atoms with Crippen molar-refractivity contribution in [3.05, 3.63) is 69.1 Å². The molecule has 3 N–H and O–H groups in total. The van der Waals surface area contributed by atoms with Gasteiger partial charge in [0.05, 0.1) is 5.52 Å². The summed E-state index contributed by atoms with van der Waals surface area (Å²) in [4.78, 5) is 28.5. The van der Waals surface area contributed by atoms with Crippen LogP contribution in [0.4, 0.5) is 0 Å². The number of pyridine rings is 2. The third kappa shape index (κ3) is 2.38. The molecule has 2 aromatic heterocycles. The molecular weight excluding hydrogens is 318 g/mol. The van der Waals surface area contributed by atoms with Gasteiger partial charge < -0.3 is 15.4 Å². The number of aromatic nitrogens is 2. The van der Waals surface area contributed by atoms with Crippen LogP contribution in [-0.4, -0.2) is 20.6 Å². The van der Waals surface area contributed by atoms with Crippen LogP contribution < -0.4 is 11.3 Å². The van der Waals surface area contributed by atoms with Gasteiger partial charge >= 0.3 is 0 Å². The fraction of sp³-hybridized carbons (Fsp3) is 0.211. The highest BCUT2D eigenvalue weighted by Gasteiger charge is 2.26. The van der Waals surface area contributed by atoms with Crippen LogP contribution in [0.2, 0.25) is 0 Å². The van der Waals surface area contributed by atoms with Gasteiger partial charge in [0.25, 0.3) is 11.5 Å². The number of primary amides is 1. The van der Waals surface area contributed by atoms with E-state index in [2.05, 4.69) is 4.98 Å². The van der Waals surface area contributed by atoms with Gasteiger partial charge in [-0.1, -0.05) is 30.3 Å². The van der Waals surface area contributed by atoms with E-state index < -0.39 is 17.2 Å². The second kappa shape index (κ2) is 5.73. The predicted molar refractivity (Wildman–Crippen MR) is 93.8 cm³/mol. The van der Waals surface area contributed by atoms with E-state index in [9.17, 15) is 14.7 Å². The first-order chi connectivity index (χ1) is 12.1. The Hall–Kier alpha value is -3.15. The molecule has 1 aromatic carbocycles. The molecule has 4 rings (SSSR count). The molecule has 126 valence electrons. The van der Waals surface area contributed by atoms with Gasteiger partial charge in [0.2, 0.25) is 0 Å². The molecule has 0 aliphatic carbocycles. The van der Waals surface area contributed by atoms with Crippen molar-refractivity contribution in [2.75, 3.05) is 0 Å². The van der Waals surface area contributed by atoms with Crippen molar-refractivity contribution in [2.24, 2.45) is 5.73 Å². The van der Waals surface area contributed by atoms with E-state index in [1.165, 1.54) is 4.57 Å². The molecule has 1 aliphatic rings. The first kappa shape index (κ1) is 15.4. The number of carbonyl (C=O) groups is 1. The monoisotopic (exact) mass is 335 g/mol. The third-order valence-electron chi connectivity index (χ3n) is 4.73. The number of aryl methyl sites for hydroxylation is 2. The Morgan fingerprint density at radius 1 is 1.28 bits per heavy atom. The maximum absolute atomic E-state index is 12.6. The summed E-state index contributed by atoms with van der Waals surface area (Å²) in [5, 5.41) is 10.4. The maximum Gasteiger partial charge on any atom is 0.267 e. The molecule has 0 fully saturated rings. The molecule has 0 atom stereocenters. The van der Waals surface area contributed by atoms with E-state index >= 15 is 0 Å². The number of carbonyl (C=O) groups excluding carboxylic acids is 1. The minimum Gasteiger partial charge on any atom is -0.505 e. The van der Waals surface area contributed by atoms with Gasteiger partial charge in [0.15, 0.2) is 5.75 Å². The van der Waals surface area contributed by atoms with E-state index in [-0.39, 0.29) is 11.1 Å². The SMILES string of the molecule is NC(=O)c1c(O)c2ncc(Cc3ccccc3)c3c2n(c1=O)CCC3. The zero-order chi connectivity index (χ0) is 17.6. The Morgan fingerprint density at radius 2 is 2.04 bits per heavy atom. The third-order valence-corrected chi connectivity index (χ3v) is 4.73. The van der Waals surface area contributed by atoms with E-state index in [0.29, 0.717) is 18.5 Å². The molecule has 0 saturated heterocycles. The van der Waals surface area contributed by atoms with Crippen LogP contribution >= 0.6 is 0 Å². The average Bonchev–Trinajstić information content (AvgIpc) is 2.61. The van der Waals surface area contributed by atoms with Crippen LogP contribution in [0, 0.1) is 0 Å². The van der Waals surface area contributed by atoms with Gasteiger partial charge in [-0.3, -0.25) is 14.6 Å². The number of rotatable bonds is 3. The normalized spacial score (nSPS) is 13.1. The van der Waals surface area contributed by atoms with Gasteiger partial charge in [-0.05, 0) is 36.0 Å². The lowest BCUT2D eigenvalue weighted by molar-refractivity contribution is 0.0996. The van der Waals surface area contributed by atoms with Crippen LogP contribution in [0.1, 0.15) is 33.5 Å². The van der Waals surface area contributed by atoms with Gasteiger partial charge in [0, 0.05) is 12.7 Å². The molecule has 1 aliphatic heterocycles. The highest BCUT2D eigenvalue weighted by molar-refractivity contribution is 6.01. The highest BCUT2D eigenvalue weighted by Crippen LogP contribution is 2.32. The molecule has 3 heterocycles. The molecule has 1 amide bonds. The number of benzene rings is 1. The second-order valence-electron chi connectivity index (χ2n) is 6.27.